The minimum atomic E-state index is -0.330. The molecule has 30 heavy (non-hydrogen) atoms. The number of aromatic nitrogens is 1. The number of esters is 1. The first-order chi connectivity index (χ1) is 14.5. The lowest BCUT2D eigenvalue weighted by Gasteiger charge is -2.10. The Morgan fingerprint density at radius 3 is 2.43 bits per heavy atom. The summed E-state index contributed by atoms with van der Waals surface area (Å²) in [5.74, 6) is -0.495. The van der Waals surface area contributed by atoms with E-state index in [0.717, 1.165) is 28.2 Å². The molecule has 3 aromatic rings. The lowest BCUT2D eigenvalue weighted by molar-refractivity contribution is -0.120. The predicted octanol–water partition coefficient (Wildman–Crippen LogP) is 3.96. The van der Waals surface area contributed by atoms with E-state index in [2.05, 4.69) is 15.1 Å². The third kappa shape index (κ3) is 5.03. The highest BCUT2D eigenvalue weighted by atomic mass is 16.5. The van der Waals surface area contributed by atoms with Crippen molar-refractivity contribution in [2.45, 2.75) is 27.2 Å². The monoisotopic (exact) mass is 403 g/mol. The number of nitrogens with one attached hydrogen (secondary N) is 1. The van der Waals surface area contributed by atoms with E-state index in [0.29, 0.717) is 12.2 Å². The van der Waals surface area contributed by atoms with Gasteiger partial charge in [-0.2, -0.15) is 5.10 Å². The molecule has 1 heterocycles. The lowest BCUT2D eigenvalue weighted by atomic mass is 10.1. The summed E-state index contributed by atoms with van der Waals surface area (Å²) in [4.78, 5) is 23.9. The Balaban J connectivity index is 1.70. The number of aryl methyl sites for hydroxylation is 1. The standard InChI is InChI=1S/C24H25N3O3/c1-4-30-24(29)20-10-12-22(13-11-20)27-17(2)14-21(18(27)3)16-25-26-23(28)15-19-8-6-5-7-9-19/h5-14,16H,4,15H2,1-3H3,(H,26,28)/b25-16+. The molecule has 0 saturated heterocycles. The largest absolute Gasteiger partial charge is 0.462 e. The Morgan fingerprint density at radius 1 is 1.07 bits per heavy atom. The number of hydrogen-bond donors (Lipinski definition) is 1. The first kappa shape index (κ1) is 21.0. The van der Waals surface area contributed by atoms with Crippen LogP contribution in [0.3, 0.4) is 0 Å². The Bertz CT molecular complexity index is 1050. The molecule has 3 rings (SSSR count). The number of ether oxygens (including phenoxy) is 1. The highest BCUT2D eigenvalue weighted by Gasteiger charge is 2.11. The molecular weight excluding hydrogens is 378 g/mol. The molecule has 0 fully saturated rings. The summed E-state index contributed by atoms with van der Waals surface area (Å²) in [6.07, 6.45) is 1.93. The molecule has 1 N–H and O–H groups in total. The molecule has 0 bridgehead atoms. The van der Waals surface area contributed by atoms with E-state index in [9.17, 15) is 9.59 Å². The van der Waals surface area contributed by atoms with Gasteiger partial charge in [-0.05, 0) is 56.7 Å². The highest BCUT2D eigenvalue weighted by molar-refractivity contribution is 5.89. The van der Waals surface area contributed by atoms with Gasteiger partial charge >= 0.3 is 5.97 Å². The van der Waals surface area contributed by atoms with Gasteiger partial charge in [0.25, 0.3) is 0 Å². The lowest BCUT2D eigenvalue weighted by Crippen LogP contribution is -2.19. The van der Waals surface area contributed by atoms with Crippen LogP contribution in [0, 0.1) is 13.8 Å². The van der Waals surface area contributed by atoms with Crippen molar-refractivity contribution in [3.8, 4) is 5.69 Å². The van der Waals surface area contributed by atoms with E-state index in [4.69, 9.17) is 4.74 Å². The number of amides is 1. The fraction of sp³-hybridized carbons (Fsp3) is 0.208. The molecule has 6 heteroatoms. The maximum atomic E-state index is 12.0. The number of nitrogens with zero attached hydrogens (tertiary/aromatic N) is 2. The molecule has 2 aromatic carbocycles. The van der Waals surface area contributed by atoms with Gasteiger partial charge in [-0.15, -0.1) is 0 Å². The number of carbonyl (C=O) groups is 2. The van der Waals surface area contributed by atoms with Crippen LogP contribution in [0.1, 0.15) is 39.8 Å². The van der Waals surface area contributed by atoms with Gasteiger partial charge in [-0.3, -0.25) is 4.79 Å². The van der Waals surface area contributed by atoms with Gasteiger partial charge in [-0.1, -0.05) is 30.3 Å². The summed E-state index contributed by atoms with van der Waals surface area (Å²) < 4.78 is 7.10. The average molecular weight is 403 g/mol. The van der Waals surface area contributed by atoms with E-state index in [1.165, 1.54) is 0 Å². The normalized spacial score (nSPS) is 10.9. The number of hydrazone groups is 1. The van der Waals surface area contributed by atoms with Crippen molar-refractivity contribution < 1.29 is 14.3 Å². The van der Waals surface area contributed by atoms with Crippen LogP contribution in [0.2, 0.25) is 0 Å². The fourth-order valence-electron chi connectivity index (χ4n) is 3.27. The van der Waals surface area contributed by atoms with Crippen LogP contribution in [0.15, 0.2) is 65.8 Å². The maximum Gasteiger partial charge on any atom is 0.338 e. The third-order valence-corrected chi connectivity index (χ3v) is 4.71. The Morgan fingerprint density at radius 2 is 1.77 bits per heavy atom. The van der Waals surface area contributed by atoms with Gasteiger partial charge in [0.15, 0.2) is 0 Å². The van der Waals surface area contributed by atoms with Crippen molar-refractivity contribution in [3.05, 3.63) is 88.7 Å². The third-order valence-electron chi connectivity index (χ3n) is 4.71. The molecule has 0 saturated carbocycles. The molecule has 0 radical (unpaired) electrons. The molecule has 154 valence electrons. The number of hydrogen-bond acceptors (Lipinski definition) is 4. The molecule has 0 atom stereocenters. The topological polar surface area (TPSA) is 72.7 Å². The van der Waals surface area contributed by atoms with Crippen molar-refractivity contribution in [2.24, 2.45) is 5.10 Å². The van der Waals surface area contributed by atoms with Gasteiger partial charge < -0.3 is 9.30 Å². The number of carbonyl (C=O) groups excluding carboxylic acids is 2. The van der Waals surface area contributed by atoms with E-state index in [-0.39, 0.29) is 18.3 Å². The van der Waals surface area contributed by atoms with Crippen LogP contribution in [0.25, 0.3) is 5.69 Å². The maximum absolute atomic E-state index is 12.0. The van der Waals surface area contributed by atoms with Crippen LogP contribution in [-0.4, -0.2) is 29.3 Å². The summed E-state index contributed by atoms with van der Waals surface area (Å²) in [5.41, 5.74) is 7.88. The molecule has 0 aliphatic rings. The minimum absolute atomic E-state index is 0.166. The molecule has 0 spiro atoms. The SMILES string of the molecule is CCOC(=O)c1ccc(-n2c(C)cc(/C=N/NC(=O)Cc3ccccc3)c2C)cc1. The quantitative estimate of drug-likeness (QED) is 0.369. The predicted molar refractivity (Wildman–Crippen MR) is 117 cm³/mol. The van der Waals surface area contributed by atoms with E-state index in [1.54, 1.807) is 25.3 Å². The fourth-order valence-corrected chi connectivity index (χ4v) is 3.27. The first-order valence-corrected chi connectivity index (χ1v) is 9.82. The molecule has 0 aliphatic carbocycles. The van der Waals surface area contributed by atoms with Crippen LogP contribution >= 0.6 is 0 Å². The summed E-state index contributed by atoms with van der Waals surface area (Å²) in [7, 11) is 0. The van der Waals surface area contributed by atoms with Crippen LogP contribution in [0.4, 0.5) is 0 Å². The van der Waals surface area contributed by atoms with Gasteiger partial charge in [0.05, 0.1) is 24.8 Å². The number of rotatable bonds is 7. The smallest absolute Gasteiger partial charge is 0.338 e. The van der Waals surface area contributed by atoms with Crippen molar-refractivity contribution in [1.29, 1.82) is 0 Å². The van der Waals surface area contributed by atoms with Gasteiger partial charge in [0.2, 0.25) is 5.91 Å². The molecule has 1 aromatic heterocycles. The second-order valence-electron chi connectivity index (χ2n) is 6.88. The zero-order chi connectivity index (χ0) is 21.5. The second-order valence-corrected chi connectivity index (χ2v) is 6.88. The van der Waals surface area contributed by atoms with Gasteiger partial charge in [0.1, 0.15) is 0 Å². The summed E-state index contributed by atoms with van der Waals surface area (Å²) in [6, 6.07) is 18.8. The summed E-state index contributed by atoms with van der Waals surface area (Å²) in [5, 5.41) is 4.11. The van der Waals surface area contributed by atoms with E-state index in [1.807, 2.05) is 62.4 Å². The van der Waals surface area contributed by atoms with Crippen LogP contribution < -0.4 is 5.43 Å². The Hall–Kier alpha value is -3.67. The molecule has 0 unspecified atom stereocenters. The summed E-state index contributed by atoms with van der Waals surface area (Å²) >= 11 is 0. The molecular formula is C24H25N3O3. The zero-order valence-corrected chi connectivity index (χ0v) is 17.4. The summed E-state index contributed by atoms with van der Waals surface area (Å²) in [6.45, 7) is 6.12. The van der Waals surface area contributed by atoms with Crippen LogP contribution in [-0.2, 0) is 16.0 Å². The van der Waals surface area contributed by atoms with Crippen molar-refractivity contribution in [1.82, 2.24) is 9.99 Å². The zero-order valence-electron chi connectivity index (χ0n) is 17.4. The molecule has 0 aliphatic heterocycles. The Kier molecular flexibility index (Phi) is 6.80. The highest BCUT2D eigenvalue weighted by Crippen LogP contribution is 2.20. The second kappa shape index (κ2) is 9.69. The van der Waals surface area contributed by atoms with Gasteiger partial charge in [-0.25, -0.2) is 10.2 Å². The molecule has 1 amide bonds. The van der Waals surface area contributed by atoms with Gasteiger partial charge in [0, 0.05) is 22.6 Å². The van der Waals surface area contributed by atoms with Crippen molar-refractivity contribution >= 4 is 18.1 Å². The first-order valence-electron chi connectivity index (χ1n) is 9.82. The Labute approximate surface area is 176 Å². The van der Waals surface area contributed by atoms with E-state index >= 15 is 0 Å². The van der Waals surface area contributed by atoms with Crippen LogP contribution in [0.5, 0.6) is 0 Å². The van der Waals surface area contributed by atoms with E-state index < -0.39 is 0 Å². The average Bonchev–Trinajstić information content (AvgIpc) is 3.02. The minimum Gasteiger partial charge on any atom is -0.462 e. The number of benzene rings is 2. The van der Waals surface area contributed by atoms with Crippen molar-refractivity contribution in [3.63, 3.8) is 0 Å². The molecule has 6 nitrogen and oxygen atoms in total. The van der Waals surface area contributed by atoms with Crippen molar-refractivity contribution in [2.75, 3.05) is 6.61 Å².